The topological polar surface area (TPSA) is 24.1 Å². The van der Waals surface area contributed by atoms with Gasteiger partial charge in [-0.15, -0.1) is 0 Å². The van der Waals surface area contributed by atoms with Gasteiger partial charge in [0.25, 0.3) is 0 Å². The number of nitrogens with one attached hydrogen (secondary N) is 2. The highest BCUT2D eigenvalue weighted by Gasteiger charge is 2.11. The van der Waals surface area contributed by atoms with Gasteiger partial charge in [0.1, 0.15) is 0 Å². The lowest BCUT2D eigenvalue weighted by molar-refractivity contribution is 0.676. The molecule has 0 saturated heterocycles. The van der Waals surface area contributed by atoms with E-state index in [1.165, 1.54) is 5.56 Å². The minimum absolute atomic E-state index is 0.0838. The molecule has 3 heteroatoms. The van der Waals surface area contributed by atoms with Crippen LogP contribution < -0.4 is 10.6 Å². The number of thiocarbonyl (C=S) groups is 1. The van der Waals surface area contributed by atoms with Gasteiger partial charge in [-0.1, -0.05) is 49.1 Å². The van der Waals surface area contributed by atoms with Crippen LogP contribution in [0, 0.1) is 0 Å². The maximum absolute atomic E-state index is 5.32. The molecule has 1 rings (SSSR count). The van der Waals surface area contributed by atoms with E-state index in [0.29, 0.717) is 5.11 Å². The Bertz CT molecular complexity index is 465. The monoisotopic (exact) mass is 274 g/mol. The zero-order valence-electron chi connectivity index (χ0n) is 11.9. The van der Waals surface area contributed by atoms with Crippen molar-refractivity contribution >= 4 is 17.3 Å². The average molecular weight is 274 g/mol. The van der Waals surface area contributed by atoms with Gasteiger partial charge in [-0.25, -0.2) is 0 Å². The Morgan fingerprint density at radius 1 is 1.11 bits per heavy atom. The number of rotatable bonds is 5. The second-order valence-electron chi connectivity index (χ2n) is 4.78. The minimum atomic E-state index is 0.0838. The second kappa shape index (κ2) is 7.10. The third-order valence-electron chi connectivity index (χ3n) is 3.07. The molecule has 0 aromatic heterocycles. The van der Waals surface area contributed by atoms with Gasteiger partial charge in [-0.2, -0.15) is 0 Å². The molecular formula is C16H22N2S. The SMILES string of the molecule is C=C(C)C(=C)[C@H](C)NC(=S)N[C@@H](C)c1ccccc1. The van der Waals surface area contributed by atoms with Crippen molar-refractivity contribution in [3.8, 4) is 0 Å². The quantitative estimate of drug-likeness (QED) is 0.632. The molecule has 2 atom stereocenters. The largest absolute Gasteiger partial charge is 0.356 e. The molecule has 0 heterocycles. The van der Waals surface area contributed by atoms with Gasteiger partial charge in [0, 0.05) is 0 Å². The summed E-state index contributed by atoms with van der Waals surface area (Å²) in [4.78, 5) is 0. The van der Waals surface area contributed by atoms with Crippen LogP contribution >= 0.6 is 12.2 Å². The predicted octanol–water partition coefficient (Wildman–Crippen LogP) is 3.73. The Kier molecular flexibility index (Phi) is 5.77. The highest BCUT2D eigenvalue weighted by molar-refractivity contribution is 7.80. The molecule has 0 aliphatic carbocycles. The van der Waals surface area contributed by atoms with Crippen molar-refractivity contribution in [2.45, 2.75) is 32.9 Å². The molecule has 2 nitrogen and oxygen atoms in total. The Hall–Kier alpha value is -1.61. The molecule has 0 spiro atoms. The fraction of sp³-hybridized carbons (Fsp3) is 0.312. The lowest BCUT2D eigenvalue weighted by Crippen LogP contribution is -2.42. The van der Waals surface area contributed by atoms with Gasteiger partial charge in [0.05, 0.1) is 12.1 Å². The van der Waals surface area contributed by atoms with Crippen molar-refractivity contribution < 1.29 is 0 Å². The van der Waals surface area contributed by atoms with Gasteiger partial charge in [0.2, 0.25) is 0 Å². The van der Waals surface area contributed by atoms with Crippen molar-refractivity contribution in [2.24, 2.45) is 0 Å². The van der Waals surface area contributed by atoms with Gasteiger partial charge in [-0.05, 0) is 44.1 Å². The summed E-state index contributed by atoms with van der Waals surface area (Å²) in [7, 11) is 0. The van der Waals surface area contributed by atoms with Crippen LogP contribution in [0.4, 0.5) is 0 Å². The van der Waals surface area contributed by atoms with Crippen LogP contribution in [0.3, 0.4) is 0 Å². The molecule has 0 aliphatic rings. The van der Waals surface area contributed by atoms with E-state index < -0.39 is 0 Å². The molecule has 1 aromatic carbocycles. The molecule has 0 amide bonds. The van der Waals surface area contributed by atoms with Gasteiger partial charge in [0.15, 0.2) is 5.11 Å². The smallest absolute Gasteiger partial charge is 0.167 e. The Labute approximate surface area is 121 Å². The molecule has 0 fully saturated rings. The van der Waals surface area contributed by atoms with Crippen LogP contribution in [0.2, 0.25) is 0 Å². The normalized spacial score (nSPS) is 13.2. The number of hydrogen-bond donors (Lipinski definition) is 2. The first-order valence-electron chi connectivity index (χ1n) is 6.38. The molecular weight excluding hydrogens is 252 g/mol. The number of hydrogen-bond acceptors (Lipinski definition) is 1. The van der Waals surface area contributed by atoms with Crippen molar-refractivity contribution in [3.63, 3.8) is 0 Å². The van der Waals surface area contributed by atoms with E-state index in [0.717, 1.165) is 11.1 Å². The maximum atomic E-state index is 5.32. The molecule has 0 radical (unpaired) electrons. The van der Waals surface area contributed by atoms with Crippen LogP contribution in [-0.2, 0) is 0 Å². The highest BCUT2D eigenvalue weighted by atomic mass is 32.1. The molecule has 1 aromatic rings. The lowest BCUT2D eigenvalue weighted by atomic mass is 10.0. The minimum Gasteiger partial charge on any atom is -0.356 e. The zero-order chi connectivity index (χ0) is 14.4. The lowest BCUT2D eigenvalue weighted by Gasteiger charge is -2.22. The van der Waals surface area contributed by atoms with Crippen LogP contribution in [0.25, 0.3) is 0 Å². The van der Waals surface area contributed by atoms with E-state index in [-0.39, 0.29) is 12.1 Å². The summed E-state index contributed by atoms with van der Waals surface area (Å²) in [5.74, 6) is 0. The summed E-state index contributed by atoms with van der Waals surface area (Å²) in [5, 5.41) is 7.12. The van der Waals surface area contributed by atoms with E-state index in [4.69, 9.17) is 12.2 Å². The first-order valence-corrected chi connectivity index (χ1v) is 6.79. The second-order valence-corrected chi connectivity index (χ2v) is 5.19. The molecule has 0 bridgehead atoms. The Morgan fingerprint density at radius 3 is 2.21 bits per heavy atom. The number of benzene rings is 1. The van der Waals surface area contributed by atoms with E-state index in [2.05, 4.69) is 42.8 Å². The Morgan fingerprint density at radius 2 is 1.68 bits per heavy atom. The van der Waals surface area contributed by atoms with Gasteiger partial charge < -0.3 is 10.6 Å². The van der Waals surface area contributed by atoms with Crippen molar-refractivity contribution in [1.82, 2.24) is 10.6 Å². The van der Waals surface area contributed by atoms with E-state index in [9.17, 15) is 0 Å². The van der Waals surface area contributed by atoms with Crippen molar-refractivity contribution in [1.29, 1.82) is 0 Å². The first kappa shape index (κ1) is 15.4. The maximum Gasteiger partial charge on any atom is 0.167 e. The summed E-state index contributed by atoms with van der Waals surface area (Å²) < 4.78 is 0. The summed E-state index contributed by atoms with van der Waals surface area (Å²) in [6, 6.07) is 10.5. The van der Waals surface area contributed by atoms with Gasteiger partial charge in [-0.3, -0.25) is 0 Å². The molecule has 0 aliphatic heterocycles. The molecule has 102 valence electrons. The van der Waals surface area contributed by atoms with Crippen LogP contribution in [0.5, 0.6) is 0 Å². The van der Waals surface area contributed by atoms with Crippen LogP contribution in [-0.4, -0.2) is 11.2 Å². The molecule has 2 N–H and O–H groups in total. The average Bonchev–Trinajstić information content (AvgIpc) is 2.38. The summed E-state index contributed by atoms with van der Waals surface area (Å²) in [6.07, 6.45) is 0. The summed E-state index contributed by atoms with van der Waals surface area (Å²) >= 11 is 5.32. The fourth-order valence-corrected chi connectivity index (χ4v) is 2.07. The third kappa shape index (κ3) is 4.87. The molecule has 19 heavy (non-hydrogen) atoms. The van der Waals surface area contributed by atoms with Crippen LogP contribution in [0.1, 0.15) is 32.4 Å². The van der Waals surface area contributed by atoms with E-state index in [1.54, 1.807) is 0 Å². The predicted molar refractivity (Wildman–Crippen MR) is 87.1 cm³/mol. The highest BCUT2D eigenvalue weighted by Crippen LogP contribution is 2.12. The van der Waals surface area contributed by atoms with Gasteiger partial charge >= 0.3 is 0 Å². The first-order chi connectivity index (χ1) is 8.91. The van der Waals surface area contributed by atoms with Crippen molar-refractivity contribution in [2.75, 3.05) is 0 Å². The molecule has 0 unspecified atom stereocenters. The summed E-state index contributed by atoms with van der Waals surface area (Å²) in [6.45, 7) is 13.9. The third-order valence-corrected chi connectivity index (χ3v) is 3.30. The van der Waals surface area contributed by atoms with Crippen LogP contribution in [0.15, 0.2) is 54.6 Å². The standard InChI is InChI=1S/C16H22N2S/c1-11(2)12(3)13(4)17-16(19)18-14(5)15-9-7-6-8-10-15/h6-10,13-14H,1,3H2,2,4-5H3,(H2,17,18,19)/t13-,14-/m0/s1. The molecule has 0 saturated carbocycles. The fourth-order valence-electron chi connectivity index (χ4n) is 1.72. The van der Waals surface area contributed by atoms with E-state index in [1.807, 2.05) is 32.0 Å². The summed E-state index contributed by atoms with van der Waals surface area (Å²) in [5.41, 5.74) is 3.15. The van der Waals surface area contributed by atoms with Crippen molar-refractivity contribution in [3.05, 3.63) is 60.2 Å². The Balaban J connectivity index is 2.52. The van der Waals surface area contributed by atoms with E-state index >= 15 is 0 Å². The zero-order valence-corrected chi connectivity index (χ0v) is 12.7.